The third kappa shape index (κ3) is 3.23. The van der Waals surface area contributed by atoms with Gasteiger partial charge < -0.3 is 19.3 Å². The van der Waals surface area contributed by atoms with Crippen molar-refractivity contribution in [1.29, 1.82) is 0 Å². The number of nitrogens with zero attached hydrogens (tertiary/aromatic N) is 3. The number of rotatable bonds is 3. The van der Waals surface area contributed by atoms with Gasteiger partial charge in [-0.15, -0.1) is 0 Å². The van der Waals surface area contributed by atoms with Crippen molar-refractivity contribution in [3.05, 3.63) is 57.1 Å². The second-order valence-electron chi connectivity index (χ2n) is 6.21. The molecule has 0 aliphatic carbocycles. The molecule has 0 saturated carbocycles. The minimum Gasteiger partial charge on any atom is -0.454 e. The molecule has 2 aliphatic heterocycles. The predicted molar refractivity (Wildman–Crippen MR) is 98.8 cm³/mol. The van der Waals surface area contributed by atoms with E-state index < -0.39 is 4.92 Å². The highest BCUT2D eigenvalue weighted by Gasteiger charge is 2.28. The summed E-state index contributed by atoms with van der Waals surface area (Å²) in [5.41, 5.74) is 0.897. The number of carbonyl (C=O) groups excluding carboxylic acids is 1. The van der Waals surface area contributed by atoms with Crippen LogP contribution in [0.5, 0.6) is 11.5 Å². The zero-order valence-electron chi connectivity index (χ0n) is 14.3. The molecule has 27 heavy (non-hydrogen) atoms. The summed E-state index contributed by atoms with van der Waals surface area (Å²) >= 11 is 6.20. The zero-order chi connectivity index (χ0) is 19.0. The number of benzene rings is 2. The van der Waals surface area contributed by atoms with Gasteiger partial charge in [-0.05, 0) is 24.3 Å². The van der Waals surface area contributed by atoms with Gasteiger partial charge in [-0.2, -0.15) is 0 Å². The Balaban J connectivity index is 1.48. The van der Waals surface area contributed by atoms with Crippen molar-refractivity contribution in [3.63, 3.8) is 0 Å². The molecule has 4 rings (SSSR count). The van der Waals surface area contributed by atoms with Crippen molar-refractivity contribution >= 4 is 28.9 Å². The van der Waals surface area contributed by atoms with Crippen LogP contribution in [-0.2, 0) is 0 Å². The van der Waals surface area contributed by atoms with E-state index in [1.807, 2.05) is 4.90 Å². The fourth-order valence-electron chi connectivity index (χ4n) is 3.31. The number of ether oxygens (including phenoxy) is 2. The topological polar surface area (TPSA) is 85.2 Å². The first kappa shape index (κ1) is 17.4. The van der Waals surface area contributed by atoms with E-state index in [4.69, 9.17) is 21.1 Å². The summed E-state index contributed by atoms with van der Waals surface area (Å²) in [6.07, 6.45) is 0. The molecular formula is C18H16ClN3O5. The summed E-state index contributed by atoms with van der Waals surface area (Å²) in [5, 5.41) is 11.6. The van der Waals surface area contributed by atoms with E-state index in [2.05, 4.69) is 0 Å². The zero-order valence-corrected chi connectivity index (χ0v) is 15.0. The van der Waals surface area contributed by atoms with Crippen molar-refractivity contribution in [1.82, 2.24) is 4.90 Å². The summed E-state index contributed by atoms with van der Waals surface area (Å²) in [5.74, 6) is 1.08. The van der Waals surface area contributed by atoms with E-state index in [1.165, 1.54) is 6.07 Å². The van der Waals surface area contributed by atoms with Crippen molar-refractivity contribution in [2.24, 2.45) is 0 Å². The van der Waals surface area contributed by atoms with Crippen LogP contribution in [-0.4, -0.2) is 48.7 Å². The van der Waals surface area contributed by atoms with Gasteiger partial charge in [-0.25, -0.2) is 0 Å². The number of nitro groups is 1. The average molecular weight is 390 g/mol. The Hall–Kier alpha value is -3.00. The number of hydrogen-bond donors (Lipinski definition) is 0. The Morgan fingerprint density at radius 2 is 1.81 bits per heavy atom. The van der Waals surface area contributed by atoms with Gasteiger partial charge in [0.05, 0.1) is 9.95 Å². The lowest BCUT2D eigenvalue weighted by atomic mass is 10.1. The molecule has 9 heteroatoms. The minimum atomic E-state index is -0.439. The molecule has 2 aromatic carbocycles. The largest absolute Gasteiger partial charge is 0.454 e. The van der Waals surface area contributed by atoms with Gasteiger partial charge in [0, 0.05) is 37.8 Å². The summed E-state index contributed by atoms with van der Waals surface area (Å²) < 4.78 is 10.6. The van der Waals surface area contributed by atoms with Crippen LogP contribution in [0.15, 0.2) is 36.4 Å². The molecule has 8 nitrogen and oxygen atoms in total. The summed E-state index contributed by atoms with van der Waals surface area (Å²) in [6.45, 7) is 1.95. The summed E-state index contributed by atoms with van der Waals surface area (Å²) in [7, 11) is 0. The number of amides is 1. The normalized spacial score (nSPS) is 15.7. The fourth-order valence-corrected chi connectivity index (χ4v) is 3.60. The maximum absolute atomic E-state index is 12.8. The van der Waals surface area contributed by atoms with E-state index in [1.54, 1.807) is 35.2 Å². The number of carbonyl (C=O) groups is 1. The van der Waals surface area contributed by atoms with Crippen LogP contribution >= 0.6 is 11.6 Å². The third-order valence-corrected chi connectivity index (χ3v) is 4.97. The molecule has 2 aromatic rings. The second kappa shape index (κ2) is 6.96. The minimum absolute atomic E-state index is 0.0296. The maximum Gasteiger partial charge on any atom is 0.294 e. The molecule has 0 atom stereocenters. The molecule has 140 valence electrons. The van der Waals surface area contributed by atoms with Crippen molar-refractivity contribution in [2.75, 3.05) is 37.9 Å². The number of piperazine rings is 1. The van der Waals surface area contributed by atoms with Crippen LogP contribution in [0.4, 0.5) is 11.4 Å². The van der Waals surface area contributed by atoms with Crippen LogP contribution in [0.25, 0.3) is 0 Å². The highest BCUT2D eigenvalue weighted by atomic mass is 35.5. The number of para-hydroxylation sites is 1. The van der Waals surface area contributed by atoms with E-state index in [9.17, 15) is 14.9 Å². The molecule has 0 bridgehead atoms. The molecular weight excluding hydrogens is 374 g/mol. The Bertz CT molecular complexity index is 912. The number of fused-ring (bicyclic) bond motifs is 1. The number of nitro benzene ring substituents is 1. The van der Waals surface area contributed by atoms with Gasteiger partial charge in [-0.3, -0.25) is 14.9 Å². The third-order valence-electron chi connectivity index (χ3n) is 4.66. The van der Waals surface area contributed by atoms with Crippen LogP contribution in [0, 0.1) is 10.1 Å². The fraction of sp³-hybridized carbons (Fsp3) is 0.278. The highest BCUT2D eigenvalue weighted by Crippen LogP contribution is 2.36. The monoisotopic (exact) mass is 389 g/mol. The Morgan fingerprint density at radius 1 is 1.07 bits per heavy atom. The lowest BCUT2D eigenvalue weighted by Gasteiger charge is -2.36. The van der Waals surface area contributed by atoms with Gasteiger partial charge in [0.15, 0.2) is 11.5 Å². The molecule has 1 saturated heterocycles. The number of hydrogen-bond acceptors (Lipinski definition) is 6. The van der Waals surface area contributed by atoms with Gasteiger partial charge in [0.25, 0.3) is 11.6 Å². The predicted octanol–water partition coefficient (Wildman–Crippen LogP) is 2.94. The van der Waals surface area contributed by atoms with Crippen LogP contribution in [0.1, 0.15) is 10.4 Å². The molecule has 1 fully saturated rings. The van der Waals surface area contributed by atoms with Crippen LogP contribution < -0.4 is 14.4 Å². The number of anilines is 1. The first-order valence-electron chi connectivity index (χ1n) is 8.41. The average Bonchev–Trinajstić information content (AvgIpc) is 3.15. The van der Waals surface area contributed by atoms with Gasteiger partial charge in [-0.1, -0.05) is 17.7 Å². The summed E-state index contributed by atoms with van der Waals surface area (Å²) in [6, 6.07) is 9.73. The molecule has 0 unspecified atom stereocenters. The first-order valence-corrected chi connectivity index (χ1v) is 8.79. The molecule has 0 aromatic heterocycles. The molecule has 2 heterocycles. The van der Waals surface area contributed by atoms with E-state index in [0.29, 0.717) is 54.0 Å². The van der Waals surface area contributed by atoms with Gasteiger partial charge in [0.1, 0.15) is 5.69 Å². The van der Waals surface area contributed by atoms with E-state index in [-0.39, 0.29) is 18.4 Å². The van der Waals surface area contributed by atoms with Crippen LogP contribution in [0.3, 0.4) is 0 Å². The molecule has 1 amide bonds. The van der Waals surface area contributed by atoms with Crippen molar-refractivity contribution in [2.45, 2.75) is 0 Å². The van der Waals surface area contributed by atoms with Crippen molar-refractivity contribution in [3.8, 4) is 11.5 Å². The summed E-state index contributed by atoms with van der Waals surface area (Å²) in [4.78, 5) is 27.2. The Morgan fingerprint density at radius 3 is 2.56 bits per heavy atom. The highest BCUT2D eigenvalue weighted by molar-refractivity contribution is 6.33. The molecule has 0 N–H and O–H groups in total. The smallest absolute Gasteiger partial charge is 0.294 e. The Kier molecular flexibility index (Phi) is 4.49. The lowest BCUT2D eigenvalue weighted by Crippen LogP contribution is -2.49. The molecule has 0 spiro atoms. The van der Waals surface area contributed by atoms with E-state index in [0.717, 1.165) is 0 Å². The lowest BCUT2D eigenvalue weighted by molar-refractivity contribution is -0.384. The first-order chi connectivity index (χ1) is 13.0. The second-order valence-corrected chi connectivity index (χ2v) is 6.62. The van der Waals surface area contributed by atoms with E-state index >= 15 is 0 Å². The molecule has 2 aliphatic rings. The maximum atomic E-state index is 12.8. The van der Waals surface area contributed by atoms with Crippen LogP contribution in [0.2, 0.25) is 5.02 Å². The standard InChI is InChI=1S/C18H16ClN3O5/c19-13-2-1-3-14(22(24)25)17(13)20-6-8-21(9-7-20)18(23)12-4-5-15-16(10-12)27-11-26-15/h1-5,10H,6-9,11H2. The number of halogens is 1. The quantitative estimate of drug-likeness (QED) is 0.592. The SMILES string of the molecule is O=C(c1ccc2c(c1)OCO2)N1CCN(c2c(Cl)cccc2[N+](=O)[O-])CC1. The van der Waals surface area contributed by atoms with Crippen molar-refractivity contribution < 1.29 is 19.2 Å². The van der Waals surface area contributed by atoms with Gasteiger partial charge >= 0.3 is 0 Å². The Labute approximate surface area is 160 Å². The molecule has 0 radical (unpaired) electrons. The van der Waals surface area contributed by atoms with Gasteiger partial charge in [0.2, 0.25) is 6.79 Å².